The van der Waals surface area contributed by atoms with E-state index in [-0.39, 0.29) is 0 Å². The molecule has 0 radical (unpaired) electrons. The van der Waals surface area contributed by atoms with Gasteiger partial charge in [-0.2, -0.15) is 0 Å². The number of aromatic nitrogens is 2. The molecule has 0 aliphatic carbocycles. The van der Waals surface area contributed by atoms with E-state index >= 15 is 0 Å². The summed E-state index contributed by atoms with van der Waals surface area (Å²) < 4.78 is 5.74. The van der Waals surface area contributed by atoms with E-state index in [0.717, 1.165) is 49.1 Å². The highest BCUT2D eigenvalue weighted by atomic mass is 16.5. The molecular formula is C16H28N4O. The highest BCUT2D eigenvalue weighted by Crippen LogP contribution is 2.26. The Labute approximate surface area is 128 Å². The number of nitrogens with one attached hydrogen (secondary N) is 1. The van der Waals surface area contributed by atoms with Crippen LogP contribution in [0.25, 0.3) is 0 Å². The van der Waals surface area contributed by atoms with Crippen molar-refractivity contribution in [3.63, 3.8) is 0 Å². The van der Waals surface area contributed by atoms with Gasteiger partial charge >= 0.3 is 0 Å². The van der Waals surface area contributed by atoms with E-state index in [0.29, 0.717) is 12.0 Å². The Balaban J connectivity index is 2.26. The van der Waals surface area contributed by atoms with E-state index in [9.17, 15) is 0 Å². The summed E-state index contributed by atoms with van der Waals surface area (Å²) in [6.45, 7) is 11.1. The molecule has 0 bridgehead atoms. The Morgan fingerprint density at radius 1 is 1.38 bits per heavy atom. The van der Waals surface area contributed by atoms with Crippen LogP contribution in [-0.4, -0.2) is 42.8 Å². The zero-order chi connectivity index (χ0) is 15.4. The second-order valence-electron chi connectivity index (χ2n) is 6.08. The quantitative estimate of drug-likeness (QED) is 0.873. The molecule has 1 aromatic rings. The summed E-state index contributed by atoms with van der Waals surface area (Å²) in [5.74, 6) is 3.18. The molecule has 1 aliphatic rings. The lowest BCUT2D eigenvalue weighted by molar-refractivity contribution is 0.116. The van der Waals surface area contributed by atoms with Crippen molar-refractivity contribution < 1.29 is 4.74 Å². The standard InChI is InChI=1S/C16H28N4O/c1-6-17-15-12(4)16(19-14(18-15)11(2)3)20(5)10-13-8-7-9-21-13/h11,13H,6-10H2,1-5H3,(H,17,18,19). The summed E-state index contributed by atoms with van der Waals surface area (Å²) in [6, 6.07) is 0. The third-order valence-corrected chi connectivity index (χ3v) is 3.86. The molecule has 0 amide bonds. The Morgan fingerprint density at radius 2 is 2.14 bits per heavy atom. The van der Waals surface area contributed by atoms with Crippen LogP contribution in [0.1, 0.15) is 50.9 Å². The molecule has 0 aromatic carbocycles. The van der Waals surface area contributed by atoms with Gasteiger partial charge in [0, 0.05) is 38.2 Å². The van der Waals surface area contributed by atoms with E-state index in [4.69, 9.17) is 9.72 Å². The average Bonchev–Trinajstić information content (AvgIpc) is 2.93. The summed E-state index contributed by atoms with van der Waals surface area (Å²) in [5, 5.41) is 3.35. The molecule has 5 heteroatoms. The Bertz CT molecular complexity index is 470. The zero-order valence-corrected chi connectivity index (χ0v) is 13.9. The maximum Gasteiger partial charge on any atom is 0.137 e. The number of hydrogen-bond donors (Lipinski definition) is 1. The summed E-state index contributed by atoms with van der Waals surface area (Å²) >= 11 is 0. The molecule has 1 fully saturated rings. The molecule has 1 atom stereocenters. The first-order chi connectivity index (χ1) is 10.0. The van der Waals surface area contributed by atoms with Crippen LogP contribution in [0.4, 0.5) is 11.6 Å². The van der Waals surface area contributed by atoms with Gasteiger partial charge in [-0.15, -0.1) is 0 Å². The molecule has 0 saturated carbocycles. The topological polar surface area (TPSA) is 50.3 Å². The average molecular weight is 292 g/mol. The van der Waals surface area contributed by atoms with E-state index in [2.05, 4.69) is 49.9 Å². The monoisotopic (exact) mass is 292 g/mol. The Hall–Kier alpha value is -1.36. The van der Waals surface area contributed by atoms with Gasteiger partial charge in [0.25, 0.3) is 0 Å². The number of nitrogens with zero attached hydrogens (tertiary/aromatic N) is 3. The van der Waals surface area contributed by atoms with Crippen molar-refractivity contribution >= 4 is 11.6 Å². The predicted octanol–water partition coefficient (Wildman–Crippen LogP) is 2.96. The maximum atomic E-state index is 5.74. The fourth-order valence-corrected chi connectivity index (χ4v) is 2.67. The molecule has 21 heavy (non-hydrogen) atoms. The number of ether oxygens (including phenoxy) is 1. The molecule has 5 nitrogen and oxygen atoms in total. The van der Waals surface area contributed by atoms with Gasteiger partial charge in [0.05, 0.1) is 6.10 Å². The number of hydrogen-bond acceptors (Lipinski definition) is 5. The molecular weight excluding hydrogens is 264 g/mol. The minimum Gasteiger partial charge on any atom is -0.376 e. The molecule has 118 valence electrons. The maximum absolute atomic E-state index is 5.74. The van der Waals surface area contributed by atoms with E-state index in [1.165, 1.54) is 6.42 Å². The van der Waals surface area contributed by atoms with Crippen LogP contribution in [0, 0.1) is 6.92 Å². The summed E-state index contributed by atoms with van der Waals surface area (Å²) in [7, 11) is 2.09. The van der Waals surface area contributed by atoms with Crippen LogP contribution in [0.2, 0.25) is 0 Å². The molecule has 2 heterocycles. The van der Waals surface area contributed by atoms with Crippen molar-refractivity contribution in [2.45, 2.75) is 52.6 Å². The van der Waals surface area contributed by atoms with Gasteiger partial charge < -0.3 is 15.0 Å². The van der Waals surface area contributed by atoms with E-state index in [1.54, 1.807) is 0 Å². The van der Waals surface area contributed by atoms with Gasteiger partial charge in [-0.3, -0.25) is 0 Å². The minimum absolute atomic E-state index is 0.317. The van der Waals surface area contributed by atoms with E-state index in [1.807, 2.05) is 0 Å². The third kappa shape index (κ3) is 3.84. The van der Waals surface area contributed by atoms with Crippen LogP contribution >= 0.6 is 0 Å². The van der Waals surface area contributed by atoms with Crippen molar-refractivity contribution in [1.29, 1.82) is 0 Å². The molecule has 2 rings (SSSR count). The first kappa shape index (κ1) is 16.0. The highest BCUT2D eigenvalue weighted by Gasteiger charge is 2.21. The molecule has 0 spiro atoms. The summed E-state index contributed by atoms with van der Waals surface area (Å²) in [6.07, 6.45) is 2.64. The SMILES string of the molecule is CCNc1nc(C(C)C)nc(N(C)CC2CCCO2)c1C. The first-order valence-electron chi connectivity index (χ1n) is 7.98. The van der Waals surface area contributed by atoms with Crippen molar-refractivity contribution in [2.75, 3.05) is 37.0 Å². The minimum atomic E-state index is 0.317. The molecule has 1 aliphatic heterocycles. The lowest BCUT2D eigenvalue weighted by atomic mass is 10.2. The number of rotatable bonds is 6. The van der Waals surface area contributed by atoms with Crippen molar-refractivity contribution in [3.8, 4) is 0 Å². The van der Waals surface area contributed by atoms with Crippen LogP contribution in [0.5, 0.6) is 0 Å². The van der Waals surface area contributed by atoms with Gasteiger partial charge in [-0.1, -0.05) is 13.8 Å². The van der Waals surface area contributed by atoms with Gasteiger partial charge in [0.1, 0.15) is 17.5 Å². The Morgan fingerprint density at radius 3 is 2.71 bits per heavy atom. The zero-order valence-electron chi connectivity index (χ0n) is 13.9. The Kier molecular flexibility index (Phi) is 5.39. The number of likely N-dealkylation sites (N-methyl/N-ethyl adjacent to an activating group) is 1. The highest BCUT2D eigenvalue weighted by molar-refractivity contribution is 5.58. The van der Waals surface area contributed by atoms with Gasteiger partial charge in [-0.25, -0.2) is 9.97 Å². The summed E-state index contributed by atoms with van der Waals surface area (Å²) in [5.41, 5.74) is 1.11. The predicted molar refractivity (Wildman–Crippen MR) is 87.3 cm³/mol. The smallest absolute Gasteiger partial charge is 0.137 e. The van der Waals surface area contributed by atoms with Gasteiger partial charge in [0.15, 0.2) is 0 Å². The lowest BCUT2D eigenvalue weighted by Crippen LogP contribution is -2.30. The van der Waals surface area contributed by atoms with Crippen molar-refractivity contribution in [3.05, 3.63) is 11.4 Å². The first-order valence-corrected chi connectivity index (χ1v) is 7.98. The lowest BCUT2D eigenvalue weighted by Gasteiger charge is -2.25. The van der Waals surface area contributed by atoms with Gasteiger partial charge in [-0.05, 0) is 26.7 Å². The van der Waals surface area contributed by atoms with Crippen LogP contribution in [0.15, 0.2) is 0 Å². The summed E-state index contributed by atoms with van der Waals surface area (Å²) in [4.78, 5) is 11.6. The third-order valence-electron chi connectivity index (χ3n) is 3.86. The molecule has 1 aromatic heterocycles. The molecule has 1 saturated heterocycles. The molecule has 1 unspecified atom stereocenters. The second kappa shape index (κ2) is 7.07. The van der Waals surface area contributed by atoms with E-state index < -0.39 is 0 Å². The van der Waals surface area contributed by atoms with Crippen molar-refractivity contribution in [2.24, 2.45) is 0 Å². The van der Waals surface area contributed by atoms with Crippen LogP contribution in [0.3, 0.4) is 0 Å². The van der Waals surface area contributed by atoms with Crippen LogP contribution in [-0.2, 0) is 4.74 Å². The fraction of sp³-hybridized carbons (Fsp3) is 0.750. The fourth-order valence-electron chi connectivity index (χ4n) is 2.67. The van der Waals surface area contributed by atoms with Crippen LogP contribution < -0.4 is 10.2 Å². The number of anilines is 2. The van der Waals surface area contributed by atoms with Gasteiger partial charge in [0.2, 0.25) is 0 Å². The van der Waals surface area contributed by atoms with Crippen molar-refractivity contribution in [1.82, 2.24) is 9.97 Å². The second-order valence-corrected chi connectivity index (χ2v) is 6.08. The normalized spacial score (nSPS) is 18.3. The molecule has 1 N–H and O–H groups in total. The largest absolute Gasteiger partial charge is 0.376 e.